The van der Waals surface area contributed by atoms with Crippen LogP contribution < -0.4 is 11.1 Å². The van der Waals surface area contributed by atoms with Gasteiger partial charge in [0.1, 0.15) is 5.76 Å². The molecule has 3 N–H and O–H groups in total. The van der Waals surface area contributed by atoms with Gasteiger partial charge in [-0.1, -0.05) is 0 Å². The van der Waals surface area contributed by atoms with Crippen LogP contribution in [-0.4, -0.2) is 5.91 Å². The molecule has 1 heterocycles. The number of halogens is 1. The Morgan fingerprint density at radius 2 is 2.11 bits per heavy atom. The highest BCUT2D eigenvalue weighted by molar-refractivity contribution is 9.10. The van der Waals surface area contributed by atoms with E-state index in [9.17, 15) is 4.79 Å². The van der Waals surface area contributed by atoms with Crippen molar-refractivity contribution in [3.63, 3.8) is 0 Å². The average molecular weight is 323 g/mol. The molecule has 0 aliphatic carbocycles. The quantitative estimate of drug-likeness (QED) is 0.903. The van der Waals surface area contributed by atoms with E-state index in [0.717, 1.165) is 17.0 Å². The molecule has 1 aromatic carbocycles. The average Bonchev–Trinajstić information content (AvgIpc) is 2.78. The summed E-state index contributed by atoms with van der Waals surface area (Å²) in [6.45, 7) is 3.94. The Morgan fingerprint density at radius 1 is 1.37 bits per heavy atom. The van der Waals surface area contributed by atoms with Crippen molar-refractivity contribution in [2.75, 3.05) is 5.32 Å². The number of hydrogen-bond acceptors (Lipinski definition) is 3. The Bertz CT molecular complexity index is 607. The lowest BCUT2D eigenvalue weighted by Crippen LogP contribution is -2.12. The summed E-state index contributed by atoms with van der Waals surface area (Å²) in [5.74, 6) is 0.419. The van der Waals surface area contributed by atoms with Gasteiger partial charge in [-0.15, -0.1) is 0 Å². The number of benzene rings is 1. The standard InChI is InChI=1S/C14H15BrN2O2/c1-8-7-10(14(16)18)3-4-11(8)17-9(2)12-5-6-13(15)19-12/h3-7,9,17H,1-2H3,(H2,16,18). The van der Waals surface area contributed by atoms with E-state index in [-0.39, 0.29) is 6.04 Å². The van der Waals surface area contributed by atoms with Crippen molar-refractivity contribution in [1.82, 2.24) is 0 Å². The molecule has 0 radical (unpaired) electrons. The van der Waals surface area contributed by atoms with Gasteiger partial charge in [0.25, 0.3) is 0 Å². The van der Waals surface area contributed by atoms with Crippen LogP contribution in [0.5, 0.6) is 0 Å². The molecule has 1 amide bonds. The third-order valence-electron chi connectivity index (χ3n) is 2.90. The molecule has 1 unspecified atom stereocenters. The van der Waals surface area contributed by atoms with Crippen molar-refractivity contribution in [3.05, 3.63) is 51.9 Å². The van der Waals surface area contributed by atoms with Crippen molar-refractivity contribution < 1.29 is 9.21 Å². The predicted molar refractivity (Wildman–Crippen MR) is 78.1 cm³/mol. The van der Waals surface area contributed by atoms with Crippen LogP contribution in [-0.2, 0) is 0 Å². The topological polar surface area (TPSA) is 68.3 Å². The van der Waals surface area contributed by atoms with Crippen LogP contribution in [0.4, 0.5) is 5.69 Å². The number of nitrogens with one attached hydrogen (secondary N) is 1. The summed E-state index contributed by atoms with van der Waals surface area (Å²) in [6.07, 6.45) is 0. The van der Waals surface area contributed by atoms with Gasteiger partial charge in [0.05, 0.1) is 6.04 Å². The Morgan fingerprint density at radius 3 is 2.63 bits per heavy atom. The molecular weight excluding hydrogens is 308 g/mol. The lowest BCUT2D eigenvalue weighted by atomic mass is 10.1. The van der Waals surface area contributed by atoms with Crippen LogP contribution in [0.25, 0.3) is 0 Å². The number of aryl methyl sites for hydroxylation is 1. The summed E-state index contributed by atoms with van der Waals surface area (Å²) in [6, 6.07) is 9.14. The second-order valence-electron chi connectivity index (χ2n) is 4.40. The molecule has 4 nitrogen and oxygen atoms in total. The van der Waals surface area contributed by atoms with Gasteiger partial charge in [-0.05, 0) is 65.7 Å². The first-order valence-corrected chi connectivity index (χ1v) is 6.69. The summed E-state index contributed by atoms with van der Waals surface area (Å²) < 4.78 is 6.20. The second kappa shape index (κ2) is 5.48. The molecular formula is C14H15BrN2O2. The van der Waals surface area contributed by atoms with E-state index < -0.39 is 5.91 Å². The van der Waals surface area contributed by atoms with Gasteiger partial charge < -0.3 is 15.5 Å². The monoisotopic (exact) mass is 322 g/mol. The van der Waals surface area contributed by atoms with E-state index in [1.807, 2.05) is 32.0 Å². The molecule has 0 fully saturated rings. The minimum atomic E-state index is -0.419. The number of anilines is 1. The maximum Gasteiger partial charge on any atom is 0.248 e. The third kappa shape index (κ3) is 3.17. The minimum absolute atomic E-state index is 0.0319. The van der Waals surface area contributed by atoms with Gasteiger partial charge in [-0.2, -0.15) is 0 Å². The van der Waals surface area contributed by atoms with Gasteiger partial charge in [-0.3, -0.25) is 4.79 Å². The first-order chi connectivity index (χ1) is 8.97. The zero-order valence-corrected chi connectivity index (χ0v) is 12.3. The molecule has 2 aromatic rings. The number of hydrogen-bond donors (Lipinski definition) is 2. The first-order valence-electron chi connectivity index (χ1n) is 5.89. The fourth-order valence-corrected chi connectivity index (χ4v) is 2.16. The third-order valence-corrected chi connectivity index (χ3v) is 3.33. The number of amides is 1. The summed E-state index contributed by atoms with van der Waals surface area (Å²) in [4.78, 5) is 11.1. The number of carbonyl (C=O) groups excluding carboxylic acids is 1. The Hall–Kier alpha value is -1.75. The van der Waals surface area contributed by atoms with E-state index >= 15 is 0 Å². The largest absolute Gasteiger partial charge is 0.452 e. The smallest absolute Gasteiger partial charge is 0.248 e. The molecule has 0 bridgehead atoms. The van der Waals surface area contributed by atoms with E-state index in [0.29, 0.717) is 10.2 Å². The van der Waals surface area contributed by atoms with Crippen LogP contribution in [0.1, 0.15) is 34.6 Å². The normalized spacial score (nSPS) is 12.2. The molecule has 19 heavy (non-hydrogen) atoms. The van der Waals surface area contributed by atoms with Gasteiger partial charge in [-0.25, -0.2) is 0 Å². The zero-order chi connectivity index (χ0) is 14.0. The molecule has 1 aromatic heterocycles. The maximum absolute atomic E-state index is 11.1. The van der Waals surface area contributed by atoms with Crippen LogP contribution in [0.2, 0.25) is 0 Å². The number of furan rings is 1. The van der Waals surface area contributed by atoms with Crippen LogP contribution >= 0.6 is 15.9 Å². The van der Waals surface area contributed by atoms with E-state index in [4.69, 9.17) is 10.2 Å². The van der Waals surface area contributed by atoms with Crippen molar-refractivity contribution in [3.8, 4) is 0 Å². The van der Waals surface area contributed by atoms with Gasteiger partial charge >= 0.3 is 0 Å². The molecule has 1 atom stereocenters. The summed E-state index contributed by atoms with van der Waals surface area (Å²) in [5.41, 5.74) is 7.67. The van der Waals surface area contributed by atoms with Crippen LogP contribution in [0.15, 0.2) is 39.4 Å². The van der Waals surface area contributed by atoms with Gasteiger partial charge in [0.2, 0.25) is 5.91 Å². The Kier molecular flexibility index (Phi) is 3.95. The van der Waals surface area contributed by atoms with Crippen LogP contribution in [0.3, 0.4) is 0 Å². The number of rotatable bonds is 4. The van der Waals surface area contributed by atoms with E-state index in [1.54, 1.807) is 12.1 Å². The Balaban J connectivity index is 2.17. The zero-order valence-electron chi connectivity index (χ0n) is 10.7. The number of carbonyl (C=O) groups is 1. The van der Waals surface area contributed by atoms with Crippen molar-refractivity contribution in [1.29, 1.82) is 0 Å². The van der Waals surface area contributed by atoms with Gasteiger partial charge in [0.15, 0.2) is 4.67 Å². The highest BCUT2D eigenvalue weighted by Gasteiger charge is 2.11. The second-order valence-corrected chi connectivity index (χ2v) is 5.18. The summed E-state index contributed by atoms with van der Waals surface area (Å²) in [5, 5.41) is 3.34. The molecule has 100 valence electrons. The SMILES string of the molecule is Cc1cc(C(N)=O)ccc1NC(C)c1ccc(Br)o1. The fraction of sp³-hybridized carbons (Fsp3) is 0.214. The number of primary amides is 1. The molecule has 2 rings (SSSR count). The maximum atomic E-state index is 11.1. The molecule has 5 heteroatoms. The molecule has 0 saturated heterocycles. The predicted octanol–water partition coefficient (Wildman–Crippen LogP) is 3.62. The Labute approximate surface area is 120 Å². The van der Waals surface area contributed by atoms with E-state index in [2.05, 4.69) is 21.2 Å². The molecule has 0 spiro atoms. The minimum Gasteiger partial charge on any atom is -0.452 e. The lowest BCUT2D eigenvalue weighted by Gasteiger charge is -2.15. The molecule has 0 aliphatic heterocycles. The molecule has 0 aliphatic rings. The van der Waals surface area contributed by atoms with Crippen molar-refractivity contribution >= 4 is 27.5 Å². The highest BCUT2D eigenvalue weighted by atomic mass is 79.9. The number of nitrogens with two attached hydrogens (primary N) is 1. The van der Waals surface area contributed by atoms with E-state index in [1.165, 1.54) is 0 Å². The fourth-order valence-electron chi connectivity index (χ4n) is 1.84. The summed E-state index contributed by atoms with van der Waals surface area (Å²) in [7, 11) is 0. The van der Waals surface area contributed by atoms with Gasteiger partial charge in [0, 0.05) is 11.3 Å². The summed E-state index contributed by atoms with van der Waals surface area (Å²) >= 11 is 3.28. The first kappa shape index (κ1) is 13.7. The van der Waals surface area contributed by atoms with Crippen LogP contribution in [0, 0.1) is 6.92 Å². The van der Waals surface area contributed by atoms with Crippen molar-refractivity contribution in [2.24, 2.45) is 5.73 Å². The molecule has 0 saturated carbocycles. The highest BCUT2D eigenvalue weighted by Crippen LogP contribution is 2.25. The van der Waals surface area contributed by atoms with Crippen molar-refractivity contribution in [2.45, 2.75) is 19.9 Å². The lowest BCUT2D eigenvalue weighted by molar-refractivity contribution is 0.1000.